The normalized spacial score (nSPS) is 10.1. The number of anilines is 1. The van der Waals surface area contributed by atoms with Gasteiger partial charge < -0.3 is 10.6 Å². The van der Waals surface area contributed by atoms with Crippen molar-refractivity contribution in [1.29, 1.82) is 0 Å². The van der Waals surface area contributed by atoms with Gasteiger partial charge in [0.2, 0.25) is 0 Å². The zero-order valence-electron chi connectivity index (χ0n) is 9.57. The minimum Gasteiger partial charge on any atom is -0.372 e. The predicted octanol–water partition coefficient (Wildman–Crippen LogP) is 0.825. The number of carbonyl (C=O) groups is 1. The molecule has 94 valence electrons. The lowest BCUT2D eigenvalue weighted by atomic mass is 10.2. The molecular formula is C10H11ClN6O. The molecule has 2 rings (SSSR count). The molecule has 0 aliphatic heterocycles. The summed E-state index contributed by atoms with van der Waals surface area (Å²) in [5.41, 5.74) is 0.388. The number of nitrogens with zero attached hydrogens (tertiary/aromatic N) is 3. The van der Waals surface area contributed by atoms with Crippen LogP contribution >= 0.6 is 11.6 Å². The Labute approximate surface area is 108 Å². The van der Waals surface area contributed by atoms with Crippen LogP contribution in [0.2, 0.25) is 5.02 Å². The smallest absolute Gasteiger partial charge is 0.253 e. The van der Waals surface area contributed by atoms with Gasteiger partial charge >= 0.3 is 0 Å². The monoisotopic (exact) mass is 266 g/mol. The van der Waals surface area contributed by atoms with E-state index in [1.165, 1.54) is 12.5 Å². The van der Waals surface area contributed by atoms with E-state index in [1.807, 2.05) is 0 Å². The van der Waals surface area contributed by atoms with E-state index in [0.29, 0.717) is 22.2 Å². The minimum absolute atomic E-state index is 0.268. The first-order chi connectivity index (χ1) is 8.70. The van der Waals surface area contributed by atoms with Crippen molar-refractivity contribution in [3.05, 3.63) is 35.0 Å². The molecule has 8 heteroatoms. The SMILES string of the molecule is CNc1ncc(C(=O)NCc2ncn[nH]2)cc1Cl. The minimum atomic E-state index is -0.275. The molecule has 0 spiro atoms. The largest absolute Gasteiger partial charge is 0.372 e. The first-order valence-electron chi connectivity index (χ1n) is 5.16. The molecular weight excluding hydrogens is 256 g/mol. The fraction of sp³-hybridized carbons (Fsp3) is 0.200. The van der Waals surface area contributed by atoms with Crippen LogP contribution in [0.3, 0.4) is 0 Å². The van der Waals surface area contributed by atoms with Gasteiger partial charge in [-0.2, -0.15) is 5.10 Å². The third-order valence-corrected chi connectivity index (χ3v) is 2.51. The van der Waals surface area contributed by atoms with Gasteiger partial charge in [0.15, 0.2) is 0 Å². The van der Waals surface area contributed by atoms with Crippen molar-refractivity contribution in [1.82, 2.24) is 25.5 Å². The number of nitrogens with one attached hydrogen (secondary N) is 3. The Morgan fingerprint density at radius 1 is 1.50 bits per heavy atom. The Morgan fingerprint density at radius 3 is 2.94 bits per heavy atom. The number of halogens is 1. The molecule has 7 nitrogen and oxygen atoms in total. The fourth-order valence-electron chi connectivity index (χ4n) is 1.33. The van der Waals surface area contributed by atoms with E-state index in [2.05, 4.69) is 30.8 Å². The lowest BCUT2D eigenvalue weighted by Gasteiger charge is -2.06. The average Bonchev–Trinajstić information content (AvgIpc) is 2.89. The molecule has 18 heavy (non-hydrogen) atoms. The lowest BCUT2D eigenvalue weighted by molar-refractivity contribution is 0.0949. The van der Waals surface area contributed by atoms with Crippen molar-refractivity contribution in [3.8, 4) is 0 Å². The maximum Gasteiger partial charge on any atom is 0.253 e. The lowest BCUT2D eigenvalue weighted by Crippen LogP contribution is -2.23. The number of hydrogen-bond acceptors (Lipinski definition) is 5. The van der Waals surface area contributed by atoms with Gasteiger partial charge in [-0.1, -0.05) is 11.6 Å². The topological polar surface area (TPSA) is 95.6 Å². The van der Waals surface area contributed by atoms with Gasteiger partial charge in [0.25, 0.3) is 5.91 Å². The van der Waals surface area contributed by atoms with E-state index in [4.69, 9.17) is 11.6 Å². The quantitative estimate of drug-likeness (QED) is 0.762. The van der Waals surface area contributed by atoms with Crippen molar-refractivity contribution in [3.63, 3.8) is 0 Å². The first kappa shape index (κ1) is 12.3. The molecule has 0 saturated heterocycles. The molecule has 3 N–H and O–H groups in total. The Morgan fingerprint density at radius 2 is 2.33 bits per heavy atom. The summed E-state index contributed by atoms with van der Waals surface area (Å²) >= 11 is 5.94. The van der Waals surface area contributed by atoms with Crippen LogP contribution in [0.1, 0.15) is 16.2 Å². The van der Waals surface area contributed by atoms with E-state index in [9.17, 15) is 4.79 Å². The second kappa shape index (κ2) is 5.46. The average molecular weight is 267 g/mol. The van der Waals surface area contributed by atoms with E-state index in [-0.39, 0.29) is 12.5 Å². The van der Waals surface area contributed by atoms with Crippen molar-refractivity contribution in [2.45, 2.75) is 6.54 Å². The summed E-state index contributed by atoms with van der Waals surface area (Å²) in [6.07, 6.45) is 2.83. The number of H-pyrrole nitrogens is 1. The van der Waals surface area contributed by atoms with Gasteiger partial charge in [0.1, 0.15) is 18.0 Å². The highest BCUT2D eigenvalue weighted by molar-refractivity contribution is 6.33. The first-order valence-corrected chi connectivity index (χ1v) is 5.54. The molecule has 0 aliphatic carbocycles. The predicted molar refractivity (Wildman–Crippen MR) is 66.3 cm³/mol. The van der Waals surface area contributed by atoms with Crippen molar-refractivity contribution in [2.75, 3.05) is 12.4 Å². The second-order valence-corrected chi connectivity index (χ2v) is 3.83. The van der Waals surface area contributed by atoms with Crippen LogP contribution in [0.4, 0.5) is 5.82 Å². The van der Waals surface area contributed by atoms with Gasteiger partial charge in [-0.3, -0.25) is 9.89 Å². The summed E-state index contributed by atoms with van der Waals surface area (Å²) in [7, 11) is 1.71. The summed E-state index contributed by atoms with van der Waals surface area (Å²) in [5.74, 6) is 0.834. The van der Waals surface area contributed by atoms with Crippen LogP contribution in [0, 0.1) is 0 Å². The highest BCUT2D eigenvalue weighted by Crippen LogP contribution is 2.19. The maximum atomic E-state index is 11.8. The van der Waals surface area contributed by atoms with Gasteiger partial charge in [-0.25, -0.2) is 9.97 Å². The van der Waals surface area contributed by atoms with Gasteiger partial charge in [0.05, 0.1) is 17.1 Å². The number of carbonyl (C=O) groups excluding carboxylic acids is 1. The van der Waals surface area contributed by atoms with Gasteiger partial charge in [0, 0.05) is 13.2 Å². The number of rotatable bonds is 4. The molecule has 0 unspecified atom stereocenters. The third kappa shape index (κ3) is 2.75. The molecule has 0 aromatic carbocycles. The molecule has 2 aromatic heterocycles. The van der Waals surface area contributed by atoms with E-state index < -0.39 is 0 Å². The number of aromatic nitrogens is 4. The molecule has 0 saturated carbocycles. The summed E-state index contributed by atoms with van der Waals surface area (Å²) in [4.78, 5) is 19.7. The fourth-order valence-corrected chi connectivity index (χ4v) is 1.59. The zero-order chi connectivity index (χ0) is 13.0. The van der Waals surface area contributed by atoms with Crippen LogP contribution < -0.4 is 10.6 Å². The highest BCUT2D eigenvalue weighted by Gasteiger charge is 2.09. The number of pyridine rings is 1. The van der Waals surface area contributed by atoms with Crippen LogP contribution in [0.5, 0.6) is 0 Å². The summed E-state index contributed by atoms with van der Waals surface area (Å²) in [5, 5.41) is 12.2. The van der Waals surface area contributed by atoms with Crippen LogP contribution in [0.25, 0.3) is 0 Å². The molecule has 0 fully saturated rings. The van der Waals surface area contributed by atoms with Gasteiger partial charge in [-0.15, -0.1) is 0 Å². The van der Waals surface area contributed by atoms with Gasteiger partial charge in [-0.05, 0) is 6.07 Å². The summed E-state index contributed by atoms with van der Waals surface area (Å²) in [6, 6.07) is 1.55. The molecule has 1 amide bonds. The summed E-state index contributed by atoms with van der Waals surface area (Å²) in [6.45, 7) is 0.268. The molecule has 0 radical (unpaired) electrons. The Kier molecular flexibility index (Phi) is 3.73. The summed E-state index contributed by atoms with van der Waals surface area (Å²) < 4.78 is 0. The number of hydrogen-bond donors (Lipinski definition) is 3. The molecule has 0 atom stereocenters. The van der Waals surface area contributed by atoms with Crippen molar-refractivity contribution >= 4 is 23.3 Å². The Hall–Kier alpha value is -2.15. The Bertz CT molecular complexity index is 541. The zero-order valence-corrected chi connectivity index (χ0v) is 10.3. The third-order valence-electron chi connectivity index (χ3n) is 2.22. The molecule has 0 aliphatic rings. The van der Waals surface area contributed by atoms with Crippen LogP contribution in [-0.2, 0) is 6.54 Å². The maximum absolute atomic E-state index is 11.8. The van der Waals surface area contributed by atoms with Crippen molar-refractivity contribution in [2.24, 2.45) is 0 Å². The molecule has 0 bridgehead atoms. The van der Waals surface area contributed by atoms with Crippen molar-refractivity contribution < 1.29 is 4.79 Å². The molecule has 2 aromatic rings. The van der Waals surface area contributed by atoms with E-state index >= 15 is 0 Å². The second-order valence-electron chi connectivity index (χ2n) is 3.42. The Balaban J connectivity index is 2.02. The van der Waals surface area contributed by atoms with E-state index in [0.717, 1.165) is 0 Å². The standard InChI is InChI=1S/C10H11ClN6O/c1-12-9-7(11)2-6(3-13-9)10(18)14-4-8-15-5-16-17-8/h2-3,5H,4H2,1H3,(H,12,13)(H,14,18)(H,15,16,17). The number of amides is 1. The van der Waals surface area contributed by atoms with Crippen LogP contribution in [0.15, 0.2) is 18.6 Å². The number of aromatic amines is 1. The highest BCUT2D eigenvalue weighted by atomic mass is 35.5. The van der Waals surface area contributed by atoms with E-state index in [1.54, 1.807) is 13.1 Å². The molecule has 2 heterocycles. The van der Waals surface area contributed by atoms with Crippen LogP contribution in [-0.4, -0.2) is 33.1 Å².